The number of morpholine rings is 1. The van der Waals surface area contributed by atoms with Crippen LogP contribution in [0.2, 0.25) is 0 Å². The van der Waals surface area contributed by atoms with Crippen LogP contribution in [0.15, 0.2) is 28.8 Å². The molecule has 1 aromatic heterocycles. The predicted octanol–water partition coefficient (Wildman–Crippen LogP) is 2.27. The van der Waals surface area contributed by atoms with Crippen LogP contribution in [-0.2, 0) is 17.7 Å². The first kappa shape index (κ1) is 17.6. The number of aromatic nitrogens is 2. The topological polar surface area (TPSA) is 54.6 Å². The van der Waals surface area contributed by atoms with Crippen LogP contribution in [0.3, 0.4) is 0 Å². The molecule has 0 saturated carbocycles. The average Bonchev–Trinajstić information content (AvgIpc) is 3.28. The molecule has 1 unspecified atom stereocenters. The molecule has 0 bridgehead atoms. The minimum atomic E-state index is 0.583. The Morgan fingerprint density at radius 3 is 2.85 bits per heavy atom. The summed E-state index contributed by atoms with van der Waals surface area (Å²) in [6, 6.07) is 8.95. The lowest BCUT2D eigenvalue weighted by Crippen LogP contribution is -2.44. The van der Waals surface area contributed by atoms with E-state index in [1.807, 2.05) is 0 Å². The smallest absolute Gasteiger partial charge is 0.240 e. The van der Waals surface area contributed by atoms with Gasteiger partial charge < -0.3 is 9.26 Å². The molecule has 6 nitrogen and oxygen atoms in total. The molecule has 2 aromatic rings. The number of aryl methyl sites for hydroxylation is 1. The summed E-state index contributed by atoms with van der Waals surface area (Å²) in [6.45, 7) is 8.93. The zero-order valence-electron chi connectivity index (χ0n) is 15.6. The Morgan fingerprint density at radius 1 is 1.15 bits per heavy atom. The maximum absolute atomic E-state index is 5.54. The molecule has 2 saturated heterocycles. The molecule has 6 heteroatoms. The van der Waals surface area contributed by atoms with Crippen LogP contribution >= 0.6 is 0 Å². The van der Waals surface area contributed by atoms with Crippen molar-refractivity contribution in [3.63, 3.8) is 0 Å². The summed E-state index contributed by atoms with van der Waals surface area (Å²) in [5.74, 6) is 1.51. The molecule has 2 aliphatic heterocycles. The second-order valence-corrected chi connectivity index (χ2v) is 7.39. The molecule has 0 N–H and O–H groups in total. The molecule has 2 aliphatic rings. The maximum Gasteiger partial charge on any atom is 0.240 e. The number of likely N-dealkylation sites (tertiary alicyclic amines) is 1. The zero-order chi connectivity index (χ0) is 17.8. The van der Waals surface area contributed by atoms with Gasteiger partial charge in [-0.2, -0.15) is 4.98 Å². The summed E-state index contributed by atoms with van der Waals surface area (Å²) in [5, 5.41) is 4.20. The van der Waals surface area contributed by atoms with Crippen LogP contribution in [0.4, 0.5) is 0 Å². The van der Waals surface area contributed by atoms with Gasteiger partial charge in [-0.3, -0.25) is 9.80 Å². The van der Waals surface area contributed by atoms with Crippen molar-refractivity contribution in [3.8, 4) is 0 Å². The fourth-order valence-electron chi connectivity index (χ4n) is 3.97. The molecule has 4 rings (SSSR count). The van der Waals surface area contributed by atoms with E-state index in [0.29, 0.717) is 6.04 Å². The van der Waals surface area contributed by atoms with Crippen LogP contribution in [-0.4, -0.2) is 65.4 Å². The van der Waals surface area contributed by atoms with Gasteiger partial charge in [-0.1, -0.05) is 29.4 Å². The van der Waals surface area contributed by atoms with E-state index in [4.69, 9.17) is 9.26 Å². The largest absolute Gasteiger partial charge is 0.379 e. The molecular formula is C20H28N4O2. The Labute approximate surface area is 155 Å². The van der Waals surface area contributed by atoms with Gasteiger partial charge in [-0.25, -0.2) is 0 Å². The first-order chi connectivity index (χ1) is 12.8. The number of rotatable bonds is 6. The summed E-state index contributed by atoms with van der Waals surface area (Å²) in [7, 11) is 0. The monoisotopic (exact) mass is 356 g/mol. The highest BCUT2D eigenvalue weighted by Crippen LogP contribution is 2.21. The Hall–Kier alpha value is -1.76. The first-order valence-corrected chi connectivity index (χ1v) is 9.68. The maximum atomic E-state index is 5.54. The van der Waals surface area contributed by atoms with Crippen LogP contribution in [0.1, 0.15) is 35.7 Å². The van der Waals surface area contributed by atoms with Gasteiger partial charge in [0.25, 0.3) is 0 Å². The highest BCUT2D eigenvalue weighted by atomic mass is 16.5. The Balaban J connectivity index is 1.35. The van der Waals surface area contributed by atoms with E-state index in [0.717, 1.165) is 64.1 Å². The van der Waals surface area contributed by atoms with Crippen molar-refractivity contribution < 1.29 is 9.26 Å². The van der Waals surface area contributed by atoms with E-state index in [1.54, 1.807) is 0 Å². The van der Waals surface area contributed by atoms with E-state index in [9.17, 15) is 0 Å². The summed E-state index contributed by atoms with van der Waals surface area (Å²) < 4.78 is 11.0. The number of hydrogen-bond acceptors (Lipinski definition) is 6. The van der Waals surface area contributed by atoms with Gasteiger partial charge in [-0.15, -0.1) is 0 Å². The molecule has 26 heavy (non-hydrogen) atoms. The van der Waals surface area contributed by atoms with Gasteiger partial charge in [0.15, 0.2) is 5.82 Å². The standard InChI is InChI=1S/C20H28N4O2/c1-16-5-2-3-6-17(16)13-19-21-20(26-22-19)15-24-8-4-7-18(24)14-23-9-11-25-12-10-23/h2-3,5-6,18H,4,7-15H2,1H3. The highest BCUT2D eigenvalue weighted by molar-refractivity contribution is 5.27. The zero-order valence-corrected chi connectivity index (χ0v) is 15.6. The third-order valence-electron chi connectivity index (χ3n) is 5.53. The van der Waals surface area contributed by atoms with E-state index in [1.165, 1.54) is 24.0 Å². The third kappa shape index (κ3) is 4.31. The molecule has 1 atom stereocenters. The summed E-state index contributed by atoms with van der Waals surface area (Å²) in [5.41, 5.74) is 2.52. The van der Waals surface area contributed by atoms with Gasteiger partial charge in [0.2, 0.25) is 5.89 Å². The molecule has 0 radical (unpaired) electrons. The number of ether oxygens (including phenoxy) is 1. The number of nitrogens with zero attached hydrogens (tertiary/aromatic N) is 4. The molecule has 0 aliphatic carbocycles. The van der Waals surface area contributed by atoms with Crippen LogP contribution in [0, 0.1) is 6.92 Å². The van der Waals surface area contributed by atoms with Crippen LogP contribution in [0.25, 0.3) is 0 Å². The lowest BCUT2D eigenvalue weighted by atomic mass is 10.1. The predicted molar refractivity (Wildman–Crippen MR) is 99.0 cm³/mol. The van der Waals surface area contributed by atoms with Crippen molar-refractivity contribution in [2.24, 2.45) is 0 Å². The summed E-state index contributed by atoms with van der Waals surface area (Å²) in [4.78, 5) is 9.66. The fraction of sp³-hybridized carbons (Fsp3) is 0.600. The summed E-state index contributed by atoms with van der Waals surface area (Å²) >= 11 is 0. The first-order valence-electron chi connectivity index (χ1n) is 9.68. The van der Waals surface area contributed by atoms with Gasteiger partial charge >= 0.3 is 0 Å². The molecule has 3 heterocycles. The van der Waals surface area contributed by atoms with E-state index in [2.05, 4.69) is 51.1 Å². The lowest BCUT2D eigenvalue weighted by molar-refractivity contribution is 0.0254. The van der Waals surface area contributed by atoms with Gasteiger partial charge in [0, 0.05) is 32.1 Å². The van der Waals surface area contributed by atoms with Crippen molar-refractivity contribution in [2.45, 2.75) is 38.8 Å². The second-order valence-electron chi connectivity index (χ2n) is 7.39. The molecule has 2 fully saturated rings. The quantitative estimate of drug-likeness (QED) is 0.791. The minimum Gasteiger partial charge on any atom is -0.379 e. The SMILES string of the molecule is Cc1ccccc1Cc1noc(CN2CCCC2CN2CCOCC2)n1. The minimum absolute atomic E-state index is 0.583. The Morgan fingerprint density at radius 2 is 2.00 bits per heavy atom. The fourth-order valence-corrected chi connectivity index (χ4v) is 3.97. The highest BCUT2D eigenvalue weighted by Gasteiger charge is 2.28. The normalized spacial score (nSPS) is 22.1. The van der Waals surface area contributed by atoms with Crippen molar-refractivity contribution in [2.75, 3.05) is 39.4 Å². The van der Waals surface area contributed by atoms with Gasteiger partial charge in [-0.05, 0) is 37.4 Å². The van der Waals surface area contributed by atoms with Crippen LogP contribution < -0.4 is 0 Å². The molecule has 1 aromatic carbocycles. The molecule has 0 amide bonds. The molecule has 0 spiro atoms. The lowest BCUT2D eigenvalue weighted by Gasteiger charge is -2.32. The van der Waals surface area contributed by atoms with E-state index < -0.39 is 0 Å². The number of hydrogen-bond donors (Lipinski definition) is 0. The summed E-state index contributed by atoms with van der Waals surface area (Å²) in [6.07, 6.45) is 3.23. The Kier molecular flexibility index (Phi) is 5.62. The molecular weight excluding hydrogens is 328 g/mol. The van der Waals surface area contributed by atoms with E-state index in [-0.39, 0.29) is 0 Å². The third-order valence-corrected chi connectivity index (χ3v) is 5.53. The average molecular weight is 356 g/mol. The van der Waals surface area contributed by atoms with Crippen molar-refractivity contribution in [1.29, 1.82) is 0 Å². The number of benzene rings is 1. The van der Waals surface area contributed by atoms with E-state index >= 15 is 0 Å². The van der Waals surface area contributed by atoms with Crippen molar-refractivity contribution in [1.82, 2.24) is 19.9 Å². The van der Waals surface area contributed by atoms with Crippen molar-refractivity contribution in [3.05, 3.63) is 47.1 Å². The Bertz CT molecular complexity index is 711. The van der Waals surface area contributed by atoms with Gasteiger partial charge in [0.1, 0.15) is 0 Å². The second kappa shape index (κ2) is 8.29. The van der Waals surface area contributed by atoms with Gasteiger partial charge in [0.05, 0.1) is 19.8 Å². The van der Waals surface area contributed by atoms with Crippen molar-refractivity contribution >= 4 is 0 Å². The molecule has 140 valence electrons. The van der Waals surface area contributed by atoms with Crippen LogP contribution in [0.5, 0.6) is 0 Å².